The lowest BCUT2D eigenvalue weighted by Gasteiger charge is -2.15. The first-order valence-corrected chi connectivity index (χ1v) is 8.10. The van der Waals surface area contributed by atoms with E-state index in [1.807, 2.05) is 13.8 Å². The van der Waals surface area contributed by atoms with Gasteiger partial charge in [0.2, 0.25) is 5.89 Å². The molecule has 108 valence electrons. The van der Waals surface area contributed by atoms with Crippen LogP contribution in [0.2, 0.25) is 0 Å². The molecule has 0 aliphatic carbocycles. The van der Waals surface area contributed by atoms with Crippen LogP contribution in [-0.4, -0.2) is 19.2 Å². The van der Waals surface area contributed by atoms with Crippen LogP contribution in [0.25, 0.3) is 0 Å². The van der Waals surface area contributed by atoms with Gasteiger partial charge in [0.1, 0.15) is 11.8 Å². The molecule has 6 heteroatoms. The Hall–Kier alpha value is -1.82. The van der Waals surface area contributed by atoms with Gasteiger partial charge in [0.05, 0.1) is 22.5 Å². The maximum Gasteiger partial charge on any atom is 0.216 e. The highest BCUT2D eigenvalue weighted by molar-refractivity contribution is 7.91. The molecule has 0 fully saturated rings. The highest BCUT2D eigenvalue weighted by atomic mass is 32.2. The molecule has 2 aromatic rings. The van der Waals surface area contributed by atoms with Crippen LogP contribution in [-0.2, 0) is 9.84 Å². The molecule has 1 heterocycles. The highest BCUT2D eigenvalue weighted by Crippen LogP contribution is 2.26. The van der Waals surface area contributed by atoms with Crippen molar-refractivity contribution in [3.63, 3.8) is 0 Å². The van der Waals surface area contributed by atoms with E-state index in [-0.39, 0.29) is 11.8 Å². The van der Waals surface area contributed by atoms with E-state index in [4.69, 9.17) is 4.42 Å². The Morgan fingerprint density at radius 1 is 1.35 bits per heavy atom. The summed E-state index contributed by atoms with van der Waals surface area (Å²) in [5, 5.41) is 3.15. The third-order valence-electron chi connectivity index (χ3n) is 2.98. The van der Waals surface area contributed by atoms with E-state index in [0.717, 1.165) is 5.76 Å². The zero-order valence-corrected chi connectivity index (χ0v) is 12.6. The Bertz CT molecular complexity index is 692. The van der Waals surface area contributed by atoms with Crippen LogP contribution < -0.4 is 5.32 Å². The largest absolute Gasteiger partial charge is 0.444 e. The number of nitrogens with one attached hydrogen (secondary N) is 1. The van der Waals surface area contributed by atoms with Crippen LogP contribution in [0.15, 0.2) is 39.8 Å². The van der Waals surface area contributed by atoms with Gasteiger partial charge in [0.15, 0.2) is 9.84 Å². The molecule has 2 rings (SSSR count). The SMILES string of the molecule is CCS(=O)(=O)c1ccccc1NC(C)c1ncc(C)o1. The Labute approximate surface area is 119 Å². The Balaban J connectivity index is 2.30. The normalized spacial score (nSPS) is 13.2. The van der Waals surface area contributed by atoms with Crippen molar-refractivity contribution in [3.05, 3.63) is 42.1 Å². The fourth-order valence-electron chi connectivity index (χ4n) is 1.88. The third-order valence-corrected chi connectivity index (χ3v) is 4.77. The number of rotatable bonds is 5. The van der Waals surface area contributed by atoms with Crippen molar-refractivity contribution in [2.45, 2.75) is 31.7 Å². The average molecular weight is 294 g/mol. The number of hydrogen-bond donors (Lipinski definition) is 1. The number of aromatic nitrogens is 1. The molecular weight excluding hydrogens is 276 g/mol. The van der Waals surface area contributed by atoms with Gasteiger partial charge >= 0.3 is 0 Å². The smallest absolute Gasteiger partial charge is 0.216 e. The number of para-hydroxylation sites is 1. The molecule has 0 bridgehead atoms. The predicted molar refractivity (Wildman–Crippen MR) is 77.4 cm³/mol. The highest BCUT2D eigenvalue weighted by Gasteiger charge is 2.19. The molecule has 1 unspecified atom stereocenters. The van der Waals surface area contributed by atoms with Crippen LogP contribution in [0.5, 0.6) is 0 Å². The number of aryl methyl sites for hydroxylation is 1. The molecule has 20 heavy (non-hydrogen) atoms. The maximum absolute atomic E-state index is 12.1. The third kappa shape index (κ3) is 3.01. The van der Waals surface area contributed by atoms with Crippen LogP contribution in [0.1, 0.15) is 31.5 Å². The summed E-state index contributed by atoms with van der Waals surface area (Å²) in [6.07, 6.45) is 1.64. The van der Waals surface area contributed by atoms with Crippen molar-refractivity contribution in [1.29, 1.82) is 0 Å². The maximum atomic E-state index is 12.1. The molecule has 0 radical (unpaired) electrons. The average Bonchev–Trinajstić information content (AvgIpc) is 2.86. The molecule has 0 aliphatic heterocycles. The van der Waals surface area contributed by atoms with E-state index in [1.54, 1.807) is 37.4 Å². The van der Waals surface area contributed by atoms with E-state index >= 15 is 0 Å². The number of sulfone groups is 1. The molecule has 1 atom stereocenters. The molecule has 1 aromatic carbocycles. The van der Waals surface area contributed by atoms with Crippen LogP contribution >= 0.6 is 0 Å². The van der Waals surface area contributed by atoms with E-state index in [1.165, 1.54) is 0 Å². The van der Waals surface area contributed by atoms with Crippen molar-refractivity contribution in [3.8, 4) is 0 Å². The topological polar surface area (TPSA) is 72.2 Å². The first kappa shape index (κ1) is 14.6. The van der Waals surface area contributed by atoms with E-state index < -0.39 is 9.84 Å². The number of oxazole rings is 1. The van der Waals surface area contributed by atoms with Crippen molar-refractivity contribution in [2.24, 2.45) is 0 Å². The van der Waals surface area contributed by atoms with Gasteiger partial charge in [-0.05, 0) is 26.0 Å². The van der Waals surface area contributed by atoms with Crippen molar-refractivity contribution >= 4 is 15.5 Å². The van der Waals surface area contributed by atoms with Gasteiger partial charge < -0.3 is 9.73 Å². The fraction of sp³-hybridized carbons (Fsp3) is 0.357. The van der Waals surface area contributed by atoms with Gasteiger partial charge in [-0.15, -0.1) is 0 Å². The van der Waals surface area contributed by atoms with Crippen LogP contribution in [0.4, 0.5) is 5.69 Å². The predicted octanol–water partition coefficient (Wildman–Crippen LogP) is 2.95. The first-order chi connectivity index (χ1) is 9.44. The minimum absolute atomic E-state index is 0.0676. The first-order valence-electron chi connectivity index (χ1n) is 6.44. The number of benzene rings is 1. The second-order valence-electron chi connectivity index (χ2n) is 4.57. The minimum Gasteiger partial charge on any atom is -0.444 e. The second kappa shape index (κ2) is 5.66. The zero-order valence-electron chi connectivity index (χ0n) is 11.8. The summed E-state index contributed by atoms with van der Waals surface area (Å²) >= 11 is 0. The molecule has 0 saturated carbocycles. The number of hydrogen-bond acceptors (Lipinski definition) is 5. The Morgan fingerprint density at radius 3 is 2.65 bits per heavy atom. The van der Waals surface area contributed by atoms with Crippen LogP contribution in [0.3, 0.4) is 0 Å². The fourth-order valence-corrected chi connectivity index (χ4v) is 2.94. The molecular formula is C14H18N2O3S. The Morgan fingerprint density at radius 2 is 2.05 bits per heavy atom. The van der Waals surface area contributed by atoms with E-state index in [2.05, 4.69) is 10.3 Å². The summed E-state index contributed by atoms with van der Waals surface area (Å²) in [5.74, 6) is 1.33. The van der Waals surface area contributed by atoms with Crippen molar-refractivity contribution in [1.82, 2.24) is 4.98 Å². The van der Waals surface area contributed by atoms with E-state index in [0.29, 0.717) is 16.5 Å². The number of nitrogens with zero attached hydrogens (tertiary/aromatic N) is 1. The van der Waals surface area contributed by atoms with Gasteiger partial charge in [0, 0.05) is 0 Å². The van der Waals surface area contributed by atoms with Gasteiger partial charge in [-0.25, -0.2) is 13.4 Å². The summed E-state index contributed by atoms with van der Waals surface area (Å²) in [4.78, 5) is 4.45. The molecule has 0 aliphatic rings. The van der Waals surface area contributed by atoms with Gasteiger partial charge in [-0.3, -0.25) is 0 Å². The van der Waals surface area contributed by atoms with E-state index in [9.17, 15) is 8.42 Å². The lowest BCUT2D eigenvalue weighted by atomic mass is 10.2. The van der Waals surface area contributed by atoms with Crippen molar-refractivity contribution in [2.75, 3.05) is 11.1 Å². The molecule has 0 saturated heterocycles. The lowest BCUT2D eigenvalue weighted by molar-refractivity contribution is 0.453. The van der Waals surface area contributed by atoms with Crippen LogP contribution in [0, 0.1) is 6.92 Å². The molecule has 1 N–H and O–H groups in total. The summed E-state index contributed by atoms with van der Waals surface area (Å²) in [5.41, 5.74) is 0.567. The zero-order chi connectivity index (χ0) is 14.8. The molecule has 0 amide bonds. The van der Waals surface area contributed by atoms with Gasteiger partial charge in [-0.2, -0.15) is 0 Å². The van der Waals surface area contributed by atoms with Gasteiger partial charge in [0.25, 0.3) is 0 Å². The number of anilines is 1. The second-order valence-corrected chi connectivity index (χ2v) is 6.82. The molecule has 5 nitrogen and oxygen atoms in total. The summed E-state index contributed by atoms with van der Waals surface area (Å²) in [6.45, 7) is 5.33. The van der Waals surface area contributed by atoms with Crippen molar-refractivity contribution < 1.29 is 12.8 Å². The van der Waals surface area contributed by atoms with Gasteiger partial charge in [-0.1, -0.05) is 19.1 Å². The molecule has 1 aromatic heterocycles. The molecule has 0 spiro atoms. The monoisotopic (exact) mass is 294 g/mol. The Kier molecular flexibility index (Phi) is 4.13. The minimum atomic E-state index is -3.26. The summed E-state index contributed by atoms with van der Waals surface area (Å²) < 4.78 is 29.6. The standard InChI is InChI=1S/C14H18N2O3S/c1-4-20(17,18)13-8-6-5-7-12(13)16-11(3)14-15-9-10(2)19-14/h5-9,11,16H,4H2,1-3H3. The lowest BCUT2D eigenvalue weighted by Crippen LogP contribution is -2.12. The summed E-state index contributed by atoms with van der Waals surface area (Å²) in [6, 6.07) is 6.65. The summed E-state index contributed by atoms with van der Waals surface area (Å²) in [7, 11) is -3.26. The quantitative estimate of drug-likeness (QED) is 0.918.